The van der Waals surface area contributed by atoms with Crippen LogP contribution in [0.5, 0.6) is 0 Å². The van der Waals surface area contributed by atoms with Gasteiger partial charge >= 0.3 is 0 Å². The molecule has 0 saturated carbocycles. The van der Waals surface area contributed by atoms with Gasteiger partial charge in [0, 0.05) is 24.7 Å². The molecule has 5 heteroatoms. The second-order valence-electron chi connectivity index (χ2n) is 4.96. The van der Waals surface area contributed by atoms with Gasteiger partial charge in [-0.3, -0.25) is 0 Å². The van der Waals surface area contributed by atoms with E-state index < -0.39 is 11.6 Å². The van der Waals surface area contributed by atoms with Gasteiger partial charge in [0.2, 0.25) is 0 Å². The standard InChI is InChI=1S/C13H17BrF2N2/c1-7-8(2)18(4-3-12(7)17)13-5-9(14)10(15)6-11(13)16/h5-8,12H,3-4,17H2,1-2H3. The Morgan fingerprint density at radius 3 is 2.61 bits per heavy atom. The van der Waals surface area contributed by atoms with Crippen LogP contribution in [0.15, 0.2) is 16.6 Å². The lowest BCUT2D eigenvalue weighted by Crippen LogP contribution is -2.52. The second-order valence-corrected chi connectivity index (χ2v) is 5.82. The van der Waals surface area contributed by atoms with Gasteiger partial charge in [0.25, 0.3) is 0 Å². The summed E-state index contributed by atoms with van der Waals surface area (Å²) in [6.45, 7) is 4.79. The number of halogens is 3. The second kappa shape index (κ2) is 5.13. The van der Waals surface area contributed by atoms with Crippen molar-refractivity contribution in [3.8, 4) is 0 Å². The Morgan fingerprint density at radius 1 is 1.28 bits per heavy atom. The van der Waals surface area contributed by atoms with E-state index in [-0.39, 0.29) is 22.5 Å². The van der Waals surface area contributed by atoms with Gasteiger partial charge in [-0.15, -0.1) is 0 Å². The zero-order chi connectivity index (χ0) is 13.4. The maximum Gasteiger partial charge on any atom is 0.149 e. The van der Waals surface area contributed by atoms with E-state index in [1.807, 2.05) is 11.8 Å². The molecule has 1 aliphatic rings. The van der Waals surface area contributed by atoms with Crippen LogP contribution in [-0.4, -0.2) is 18.6 Å². The molecule has 1 aromatic rings. The van der Waals surface area contributed by atoms with Crippen LogP contribution in [0.25, 0.3) is 0 Å². The van der Waals surface area contributed by atoms with E-state index in [9.17, 15) is 8.78 Å². The van der Waals surface area contributed by atoms with Crippen LogP contribution >= 0.6 is 15.9 Å². The van der Waals surface area contributed by atoms with Gasteiger partial charge in [-0.05, 0) is 41.3 Å². The van der Waals surface area contributed by atoms with Gasteiger partial charge in [0.05, 0.1) is 10.2 Å². The molecule has 3 atom stereocenters. The van der Waals surface area contributed by atoms with Crippen molar-refractivity contribution in [3.63, 3.8) is 0 Å². The van der Waals surface area contributed by atoms with Crippen molar-refractivity contribution < 1.29 is 8.78 Å². The molecule has 1 aromatic carbocycles. The molecule has 100 valence electrons. The molecular weight excluding hydrogens is 302 g/mol. The van der Waals surface area contributed by atoms with Crippen LogP contribution < -0.4 is 10.6 Å². The normalized spacial score (nSPS) is 28.6. The molecule has 3 unspecified atom stereocenters. The van der Waals surface area contributed by atoms with Crippen LogP contribution in [0.1, 0.15) is 20.3 Å². The summed E-state index contributed by atoms with van der Waals surface area (Å²) < 4.78 is 27.4. The predicted molar refractivity (Wildman–Crippen MR) is 72.6 cm³/mol. The molecule has 2 nitrogen and oxygen atoms in total. The maximum atomic E-state index is 13.9. The molecule has 2 N–H and O–H groups in total. The topological polar surface area (TPSA) is 29.3 Å². The number of anilines is 1. The summed E-state index contributed by atoms with van der Waals surface area (Å²) in [5.74, 6) is -0.821. The Balaban J connectivity index is 2.34. The molecule has 1 fully saturated rings. The Morgan fingerprint density at radius 2 is 1.94 bits per heavy atom. The maximum absolute atomic E-state index is 13.9. The lowest BCUT2D eigenvalue weighted by Gasteiger charge is -2.43. The van der Waals surface area contributed by atoms with Crippen LogP contribution in [0.4, 0.5) is 14.5 Å². The lowest BCUT2D eigenvalue weighted by molar-refractivity contribution is 0.313. The summed E-state index contributed by atoms with van der Waals surface area (Å²) in [6, 6.07) is 2.71. The molecule has 18 heavy (non-hydrogen) atoms. The summed E-state index contributed by atoms with van der Waals surface area (Å²) >= 11 is 3.10. The third-order valence-corrected chi connectivity index (χ3v) is 4.54. The highest BCUT2D eigenvalue weighted by Crippen LogP contribution is 2.32. The molecule has 1 heterocycles. The minimum absolute atomic E-state index is 0.139. The number of hydrogen-bond acceptors (Lipinski definition) is 2. The molecule has 2 rings (SSSR count). The smallest absolute Gasteiger partial charge is 0.149 e. The first-order chi connectivity index (χ1) is 8.41. The summed E-state index contributed by atoms with van der Waals surface area (Å²) in [7, 11) is 0. The van der Waals surface area contributed by atoms with E-state index in [0.717, 1.165) is 12.5 Å². The van der Waals surface area contributed by atoms with Crippen LogP contribution in [0, 0.1) is 17.6 Å². The Labute approximate surface area is 114 Å². The van der Waals surface area contributed by atoms with Gasteiger partial charge in [-0.2, -0.15) is 0 Å². The Bertz CT molecular complexity index is 453. The van der Waals surface area contributed by atoms with Crippen molar-refractivity contribution in [2.24, 2.45) is 11.7 Å². The molecular formula is C13H17BrF2N2. The van der Waals surface area contributed by atoms with E-state index in [2.05, 4.69) is 22.9 Å². The Kier molecular flexibility index (Phi) is 3.92. The number of hydrogen-bond donors (Lipinski definition) is 1. The van der Waals surface area contributed by atoms with E-state index in [0.29, 0.717) is 12.2 Å². The van der Waals surface area contributed by atoms with Crippen LogP contribution in [-0.2, 0) is 0 Å². The van der Waals surface area contributed by atoms with Crippen LogP contribution in [0.2, 0.25) is 0 Å². The highest BCUT2D eigenvalue weighted by atomic mass is 79.9. The molecule has 0 spiro atoms. The third-order valence-electron chi connectivity index (χ3n) is 3.93. The van der Waals surface area contributed by atoms with Crippen molar-refractivity contribution in [2.75, 3.05) is 11.4 Å². The zero-order valence-corrected chi connectivity index (χ0v) is 12.0. The molecule has 0 aliphatic carbocycles. The molecule has 0 amide bonds. The van der Waals surface area contributed by atoms with Crippen molar-refractivity contribution in [3.05, 3.63) is 28.2 Å². The number of benzene rings is 1. The van der Waals surface area contributed by atoms with Crippen molar-refractivity contribution >= 4 is 21.6 Å². The first-order valence-corrected chi connectivity index (χ1v) is 6.88. The fourth-order valence-corrected chi connectivity index (χ4v) is 2.80. The predicted octanol–water partition coefficient (Wildman–Crippen LogP) is 3.29. The SMILES string of the molecule is CC1C(N)CCN(c2cc(Br)c(F)cc2F)C1C. The van der Waals surface area contributed by atoms with Crippen molar-refractivity contribution in [2.45, 2.75) is 32.4 Å². The fraction of sp³-hybridized carbons (Fsp3) is 0.538. The fourth-order valence-electron chi connectivity index (χ4n) is 2.47. The number of nitrogens with zero attached hydrogens (tertiary/aromatic N) is 1. The lowest BCUT2D eigenvalue weighted by atomic mass is 9.87. The van der Waals surface area contributed by atoms with E-state index in [1.54, 1.807) is 0 Å². The van der Waals surface area contributed by atoms with Gasteiger partial charge in [-0.1, -0.05) is 6.92 Å². The monoisotopic (exact) mass is 318 g/mol. The molecule has 0 aromatic heterocycles. The number of nitrogens with two attached hydrogens (primary N) is 1. The highest BCUT2D eigenvalue weighted by molar-refractivity contribution is 9.10. The third kappa shape index (κ3) is 2.38. The largest absolute Gasteiger partial charge is 0.366 e. The van der Waals surface area contributed by atoms with Gasteiger partial charge in [0.15, 0.2) is 0 Å². The number of rotatable bonds is 1. The molecule has 1 saturated heterocycles. The zero-order valence-electron chi connectivity index (χ0n) is 10.5. The first-order valence-electron chi connectivity index (χ1n) is 6.08. The average Bonchev–Trinajstić information content (AvgIpc) is 2.32. The van der Waals surface area contributed by atoms with E-state index >= 15 is 0 Å². The van der Waals surface area contributed by atoms with Gasteiger partial charge in [0.1, 0.15) is 11.6 Å². The van der Waals surface area contributed by atoms with Crippen molar-refractivity contribution in [1.29, 1.82) is 0 Å². The summed E-state index contributed by atoms with van der Waals surface area (Å²) in [6.07, 6.45) is 0.819. The summed E-state index contributed by atoms with van der Waals surface area (Å²) in [5, 5.41) is 0. The highest BCUT2D eigenvalue weighted by Gasteiger charge is 2.31. The minimum atomic E-state index is -0.578. The average molecular weight is 319 g/mol. The first kappa shape index (κ1) is 13.7. The minimum Gasteiger partial charge on any atom is -0.366 e. The summed E-state index contributed by atoms with van der Waals surface area (Å²) in [5.41, 5.74) is 6.45. The van der Waals surface area contributed by atoms with E-state index in [1.165, 1.54) is 6.07 Å². The quantitative estimate of drug-likeness (QED) is 0.805. The van der Waals surface area contributed by atoms with E-state index in [4.69, 9.17) is 5.73 Å². The Hall–Kier alpha value is -0.680. The number of piperidine rings is 1. The molecule has 0 radical (unpaired) electrons. The van der Waals surface area contributed by atoms with Gasteiger partial charge in [-0.25, -0.2) is 8.78 Å². The van der Waals surface area contributed by atoms with Gasteiger partial charge < -0.3 is 10.6 Å². The van der Waals surface area contributed by atoms with Crippen molar-refractivity contribution in [1.82, 2.24) is 0 Å². The summed E-state index contributed by atoms with van der Waals surface area (Å²) in [4.78, 5) is 1.97. The molecule has 1 aliphatic heterocycles. The molecule has 0 bridgehead atoms. The van der Waals surface area contributed by atoms with Crippen LogP contribution in [0.3, 0.4) is 0 Å².